The Kier molecular flexibility index (Phi) is 8.53. The summed E-state index contributed by atoms with van der Waals surface area (Å²) >= 11 is 0. The van der Waals surface area contributed by atoms with Gasteiger partial charge in [-0.25, -0.2) is 0 Å². The molecule has 0 bridgehead atoms. The fraction of sp³-hybridized carbons (Fsp3) is 0.448. The maximum atomic E-state index is 4.23. The van der Waals surface area contributed by atoms with E-state index in [0.29, 0.717) is 0 Å². The third kappa shape index (κ3) is 6.90. The van der Waals surface area contributed by atoms with Gasteiger partial charge in [0.25, 0.3) is 0 Å². The average molecular weight is 404 g/mol. The lowest BCUT2D eigenvalue weighted by atomic mass is 9.78. The first kappa shape index (κ1) is 24.0. The number of aryl methyl sites for hydroxylation is 1. The summed E-state index contributed by atoms with van der Waals surface area (Å²) in [6, 6.07) is 17.9. The molecule has 1 nitrogen and oxygen atoms in total. The Balaban J connectivity index is 2.04. The second-order valence-corrected chi connectivity index (χ2v) is 9.65. The first-order valence-electron chi connectivity index (χ1n) is 11.4. The number of hydrogen-bond donors (Lipinski definition) is 1. The van der Waals surface area contributed by atoms with Gasteiger partial charge in [0.2, 0.25) is 0 Å². The van der Waals surface area contributed by atoms with E-state index in [1.54, 1.807) is 0 Å². The standard InChI is InChI=1S/C29H41N/c1-8-9-10-23(2)11-12-24-13-15-25(16-14-24)28(3,4)21-22-29(5,6)26-17-19-27(30-7)20-18-26/h13-22,30H,2,8-12H2,1,3-7H3/b22-21+. The van der Waals surface area contributed by atoms with Crippen LogP contribution in [0.3, 0.4) is 0 Å². The molecule has 0 aliphatic heterocycles. The number of hydrogen-bond acceptors (Lipinski definition) is 1. The minimum Gasteiger partial charge on any atom is -0.388 e. The molecule has 0 aliphatic carbocycles. The van der Waals surface area contributed by atoms with Gasteiger partial charge in [-0.15, -0.1) is 0 Å². The molecule has 1 heteroatoms. The third-order valence-electron chi connectivity index (χ3n) is 6.18. The molecule has 2 aromatic carbocycles. The van der Waals surface area contributed by atoms with E-state index < -0.39 is 0 Å². The quantitative estimate of drug-likeness (QED) is 0.373. The molecule has 1 N–H and O–H groups in total. The summed E-state index contributed by atoms with van der Waals surface area (Å²) in [7, 11) is 1.95. The summed E-state index contributed by atoms with van der Waals surface area (Å²) in [5.41, 5.74) is 6.59. The van der Waals surface area contributed by atoms with E-state index in [-0.39, 0.29) is 10.8 Å². The Labute approximate surface area is 185 Å². The van der Waals surface area contributed by atoms with Crippen molar-refractivity contribution < 1.29 is 0 Å². The van der Waals surface area contributed by atoms with Crippen LogP contribution in [0, 0.1) is 0 Å². The monoisotopic (exact) mass is 403 g/mol. The summed E-state index contributed by atoms with van der Waals surface area (Å²) in [6.45, 7) is 15.6. The summed E-state index contributed by atoms with van der Waals surface area (Å²) in [5.74, 6) is 0. The molecular formula is C29H41N. The van der Waals surface area contributed by atoms with Crippen molar-refractivity contribution >= 4 is 5.69 Å². The highest BCUT2D eigenvalue weighted by atomic mass is 14.8. The first-order chi connectivity index (χ1) is 14.2. The van der Waals surface area contributed by atoms with Crippen molar-refractivity contribution in [2.24, 2.45) is 0 Å². The maximum Gasteiger partial charge on any atom is 0.0337 e. The van der Waals surface area contributed by atoms with E-state index in [1.165, 1.54) is 41.5 Å². The lowest BCUT2D eigenvalue weighted by molar-refractivity contribution is 0.626. The molecule has 2 aromatic rings. The van der Waals surface area contributed by atoms with Crippen LogP contribution in [0.4, 0.5) is 5.69 Å². The van der Waals surface area contributed by atoms with Gasteiger partial charge < -0.3 is 5.32 Å². The minimum absolute atomic E-state index is 0.00849. The van der Waals surface area contributed by atoms with Crippen LogP contribution in [0.5, 0.6) is 0 Å². The van der Waals surface area contributed by atoms with Crippen molar-refractivity contribution in [3.8, 4) is 0 Å². The smallest absolute Gasteiger partial charge is 0.0337 e. The van der Waals surface area contributed by atoms with Gasteiger partial charge in [0.1, 0.15) is 0 Å². The highest BCUT2D eigenvalue weighted by Gasteiger charge is 2.21. The molecule has 30 heavy (non-hydrogen) atoms. The van der Waals surface area contributed by atoms with Gasteiger partial charge in [0.05, 0.1) is 0 Å². The zero-order chi connectivity index (χ0) is 22.2. The predicted octanol–water partition coefficient (Wildman–Crippen LogP) is 8.22. The summed E-state index contributed by atoms with van der Waals surface area (Å²) in [5, 5.41) is 3.19. The highest BCUT2D eigenvalue weighted by molar-refractivity contribution is 5.46. The average Bonchev–Trinajstić information content (AvgIpc) is 2.75. The Bertz CT molecular complexity index is 820. The first-order valence-corrected chi connectivity index (χ1v) is 11.4. The van der Waals surface area contributed by atoms with Crippen molar-refractivity contribution in [1.82, 2.24) is 0 Å². The van der Waals surface area contributed by atoms with E-state index in [1.807, 2.05) is 7.05 Å². The fourth-order valence-electron chi connectivity index (χ4n) is 3.65. The second-order valence-electron chi connectivity index (χ2n) is 9.65. The van der Waals surface area contributed by atoms with Crippen molar-refractivity contribution in [2.75, 3.05) is 12.4 Å². The topological polar surface area (TPSA) is 12.0 Å². The Morgan fingerprint density at radius 1 is 0.833 bits per heavy atom. The zero-order valence-corrected chi connectivity index (χ0v) is 20.0. The second kappa shape index (κ2) is 10.7. The van der Waals surface area contributed by atoms with Crippen LogP contribution in [0.25, 0.3) is 0 Å². The Morgan fingerprint density at radius 2 is 1.33 bits per heavy atom. The number of allylic oxidation sites excluding steroid dienone is 3. The molecule has 0 aliphatic rings. The van der Waals surface area contributed by atoms with Crippen LogP contribution in [-0.4, -0.2) is 7.05 Å². The maximum absolute atomic E-state index is 4.23. The SMILES string of the molecule is C=C(CCCC)CCc1ccc(C(C)(C)/C=C/C(C)(C)c2ccc(NC)cc2)cc1. The number of anilines is 1. The zero-order valence-electron chi connectivity index (χ0n) is 20.0. The van der Waals surface area contributed by atoms with E-state index >= 15 is 0 Å². The predicted molar refractivity (Wildman–Crippen MR) is 135 cm³/mol. The number of nitrogens with one attached hydrogen (secondary N) is 1. The van der Waals surface area contributed by atoms with Gasteiger partial charge in [-0.3, -0.25) is 0 Å². The molecule has 2 rings (SSSR count). The van der Waals surface area contributed by atoms with Gasteiger partial charge >= 0.3 is 0 Å². The van der Waals surface area contributed by atoms with Crippen LogP contribution in [0.1, 0.15) is 77.0 Å². The van der Waals surface area contributed by atoms with Crippen LogP contribution in [0.15, 0.2) is 72.8 Å². The van der Waals surface area contributed by atoms with Crippen molar-refractivity contribution in [1.29, 1.82) is 0 Å². The van der Waals surface area contributed by atoms with Gasteiger partial charge in [-0.1, -0.05) is 102 Å². The molecule has 0 unspecified atom stereocenters. The van der Waals surface area contributed by atoms with Gasteiger partial charge in [0, 0.05) is 23.6 Å². The molecule has 0 heterocycles. The van der Waals surface area contributed by atoms with Gasteiger partial charge in [-0.2, -0.15) is 0 Å². The lowest BCUT2D eigenvalue weighted by Gasteiger charge is -2.26. The van der Waals surface area contributed by atoms with Crippen molar-refractivity contribution in [3.05, 3.63) is 89.5 Å². The molecule has 0 spiro atoms. The van der Waals surface area contributed by atoms with Gasteiger partial charge in [0.15, 0.2) is 0 Å². The summed E-state index contributed by atoms with van der Waals surface area (Å²) < 4.78 is 0. The molecule has 162 valence electrons. The largest absolute Gasteiger partial charge is 0.388 e. The van der Waals surface area contributed by atoms with Crippen LogP contribution < -0.4 is 5.32 Å². The number of benzene rings is 2. The number of unbranched alkanes of at least 4 members (excludes halogenated alkanes) is 1. The Morgan fingerprint density at radius 3 is 1.80 bits per heavy atom. The summed E-state index contributed by atoms with van der Waals surface area (Å²) in [4.78, 5) is 0. The molecule has 0 amide bonds. The minimum atomic E-state index is -0.0116. The van der Waals surface area contributed by atoms with Gasteiger partial charge in [-0.05, 0) is 54.5 Å². The molecular weight excluding hydrogens is 362 g/mol. The van der Waals surface area contributed by atoms with Crippen molar-refractivity contribution in [2.45, 2.75) is 77.6 Å². The van der Waals surface area contributed by atoms with Crippen molar-refractivity contribution in [3.63, 3.8) is 0 Å². The molecule has 0 saturated carbocycles. The summed E-state index contributed by atoms with van der Waals surface area (Å²) in [6.07, 6.45) is 10.6. The molecule has 0 radical (unpaired) electrons. The van der Waals surface area contributed by atoms with E-state index in [9.17, 15) is 0 Å². The van der Waals surface area contributed by atoms with E-state index in [0.717, 1.165) is 18.5 Å². The molecule has 0 saturated heterocycles. The number of rotatable bonds is 11. The fourth-order valence-corrected chi connectivity index (χ4v) is 3.65. The van der Waals surface area contributed by atoms with E-state index in [4.69, 9.17) is 0 Å². The van der Waals surface area contributed by atoms with E-state index in [2.05, 4.69) is 107 Å². The lowest BCUT2D eigenvalue weighted by Crippen LogP contribution is -2.18. The highest BCUT2D eigenvalue weighted by Crippen LogP contribution is 2.31. The normalized spacial score (nSPS) is 12.3. The molecule has 0 atom stereocenters. The van der Waals surface area contributed by atoms with Crippen LogP contribution in [-0.2, 0) is 17.3 Å². The molecule has 0 aromatic heterocycles. The third-order valence-corrected chi connectivity index (χ3v) is 6.18. The van der Waals surface area contributed by atoms with Crippen LogP contribution in [0.2, 0.25) is 0 Å². The van der Waals surface area contributed by atoms with Crippen LogP contribution >= 0.6 is 0 Å². The molecule has 0 fully saturated rings. The Hall–Kier alpha value is -2.28.